The molecule has 2 aromatic carbocycles. The second-order valence-electron chi connectivity index (χ2n) is 13.4. The van der Waals surface area contributed by atoms with Crippen molar-refractivity contribution in [2.24, 2.45) is 0 Å². The van der Waals surface area contributed by atoms with Crippen LogP contribution in [0.1, 0.15) is 58.1 Å². The Morgan fingerprint density at radius 3 is 1.88 bits per heavy atom. The first kappa shape index (κ1) is 39.8. The Bertz CT molecular complexity index is 1980. The molecule has 0 radical (unpaired) electrons. The van der Waals surface area contributed by atoms with E-state index in [0.717, 1.165) is 69.8 Å². The van der Waals surface area contributed by atoms with Crippen LogP contribution >= 0.6 is 11.6 Å². The van der Waals surface area contributed by atoms with Crippen molar-refractivity contribution in [3.63, 3.8) is 0 Å². The van der Waals surface area contributed by atoms with Gasteiger partial charge >= 0.3 is 5.51 Å². The molecule has 3 aliphatic rings. The summed E-state index contributed by atoms with van der Waals surface area (Å²) in [6.45, 7) is 8.99. The smallest absolute Gasteiger partial charge is 0.485 e. The van der Waals surface area contributed by atoms with Gasteiger partial charge in [-0.1, -0.05) is 37.6 Å². The number of halogens is 4. The summed E-state index contributed by atoms with van der Waals surface area (Å²) < 4.78 is 83.5. The van der Waals surface area contributed by atoms with Crippen molar-refractivity contribution in [3.8, 4) is 23.0 Å². The number of likely N-dealkylation sites (N-methyl/N-ethyl adjacent to an activating group) is 1. The fraction of sp³-hybridized carbons (Fsp3) is 0.432. The monoisotopic (exact) mass is 752 g/mol. The van der Waals surface area contributed by atoms with Crippen molar-refractivity contribution in [1.82, 2.24) is 0 Å². The molecule has 0 spiro atoms. The molecule has 0 saturated heterocycles. The predicted octanol–water partition coefficient (Wildman–Crippen LogP) is 8.25. The van der Waals surface area contributed by atoms with Crippen LogP contribution in [0.15, 0.2) is 70.4 Å². The predicted molar refractivity (Wildman–Crippen MR) is 192 cm³/mol. The summed E-state index contributed by atoms with van der Waals surface area (Å²) in [4.78, 5) is 2.24. The second kappa shape index (κ2) is 14.6. The zero-order valence-electron chi connectivity index (χ0n) is 30.4. The van der Waals surface area contributed by atoms with Crippen LogP contribution in [0.2, 0.25) is 0 Å². The lowest BCUT2D eigenvalue weighted by Crippen LogP contribution is -2.26. The first-order chi connectivity index (χ1) is 23.6. The maximum atomic E-state index is 10.7. The Labute approximate surface area is 303 Å². The van der Waals surface area contributed by atoms with Crippen LogP contribution in [-0.4, -0.2) is 71.3 Å². The minimum atomic E-state index is -6.09. The number of methoxy groups -OCH3 is 4. The van der Waals surface area contributed by atoms with Gasteiger partial charge in [0.15, 0.2) is 38.8 Å². The van der Waals surface area contributed by atoms with Gasteiger partial charge in [0.1, 0.15) is 7.05 Å². The molecular weight excluding hydrogens is 709 g/mol. The molecule has 0 bridgehead atoms. The third kappa shape index (κ3) is 7.52. The SMILES string of the molecule is COc1cc2c(cc1OC)C(C)(C)/C(=C/C=C1CCCC(/C=C/C3=[N+](C)c4cc(OC)c(OC)cc4C3(C)C)=C1Cl)N2C.O=S(=O)([O-])C(F)(F)F. The Balaban J connectivity index is 0.000000652. The topological polar surface area (TPSA) is 100 Å². The Morgan fingerprint density at radius 1 is 0.843 bits per heavy atom. The molecule has 0 fully saturated rings. The van der Waals surface area contributed by atoms with Gasteiger partial charge in [0, 0.05) is 46.6 Å². The Morgan fingerprint density at radius 2 is 1.35 bits per heavy atom. The van der Waals surface area contributed by atoms with Gasteiger partial charge in [0.25, 0.3) is 0 Å². The van der Waals surface area contributed by atoms with Gasteiger partial charge in [-0.2, -0.15) is 17.7 Å². The van der Waals surface area contributed by atoms with E-state index < -0.39 is 15.6 Å². The average molecular weight is 753 g/mol. The number of allylic oxidation sites excluding steroid dienone is 8. The number of hydrogen-bond donors (Lipinski definition) is 0. The van der Waals surface area contributed by atoms with Crippen molar-refractivity contribution < 1.29 is 49.7 Å². The lowest BCUT2D eigenvalue weighted by atomic mass is 9.81. The molecule has 0 N–H and O–H groups in total. The van der Waals surface area contributed by atoms with Crippen LogP contribution in [0.5, 0.6) is 23.0 Å². The van der Waals surface area contributed by atoms with E-state index in [2.05, 4.69) is 99.8 Å². The first-order valence-corrected chi connectivity index (χ1v) is 17.8. The molecule has 1 aliphatic carbocycles. The zero-order chi connectivity index (χ0) is 38.3. The minimum Gasteiger partial charge on any atom is -0.741 e. The number of rotatable bonds is 7. The molecule has 9 nitrogen and oxygen atoms in total. The fourth-order valence-corrected chi connectivity index (χ4v) is 7.19. The van der Waals surface area contributed by atoms with Crippen LogP contribution in [0, 0.1) is 0 Å². The maximum absolute atomic E-state index is 10.7. The lowest BCUT2D eigenvalue weighted by Gasteiger charge is -2.24. The highest BCUT2D eigenvalue weighted by Gasteiger charge is 2.44. The van der Waals surface area contributed by atoms with E-state index >= 15 is 0 Å². The van der Waals surface area contributed by atoms with Crippen molar-refractivity contribution in [2.75, 3.05) is 47.4 Å². The molecule has 2 aromatic rings. The van der Waals surface area contributed by atoms with Crippen molar-refractivity contribution in [1.29, 1.82) is 0 Å². The Hall–Kier alpha value is -3.94. The molecule has 0 saturated carbocycles. The van der Waals surface area contributed by atoms with Gasteiger partial charge in [0.05, 0.1) is 39.9 Å². The Kier molecular flexibility index (Phi) is 11.4. The third-order valence-corrected chi connectivity index (χ3v) is 10.8. The van der Waals surface area contributed by atoms with E-state index in [1.54, 1.807) is 28.4 Å². The number of benzene rings is 2. The van der Waals surface area contributed by atoms with Crippen LogP contribution in [-0.2, 0) is 20.9 Å². The number of anilines is 1. The van der Waals surface area contributed by atoms with Crippen LogP contribution in [0.25, 0.3) is 0 Å². The van der Waals surface area contributed by atoms with Gasteiger partial charge < -0.3 is 28.4 Å². The summed E-state index contributed by atoms with van der Waals surface area (Å²) in [5, 5.41) is 0.846. The van der Waals surface area contributed by atoms with E-state index in [4.69, 9.17) is 43.5 Å². The second-order valence-corrected chi connectivity index (χ2v) is 15.1. The van der Waals surface area contributed by atoms with Crippen LogP contribution in [0.3, 0.4) is 0 Å². The number of hydrogen-bond acceptors (Lipinski definition) is 8. The van der Waals surface area contributed by atoms with Crippen molar-refractivity contribution in [2.45, 2.75) is 63.3 Å². The molecule has 0 aromatic heterocycles. The largest absolute Gasteiger partial charge is 0.741 e. The van der Waals surface area contributed by atoms with E-state index in [9.17, 15) is 13.2 Å². The van der Waals surface area contributed by atoms with E-state index in [0.29, 0.717) is 0 Å². The van der Waals surface area contributed by atoms with Crippen molar-refractivity contribution in [3.05, 3.63) is 81.6 Å². The average Bonchev–Trinajstić information content (AvgIpc) is 3.37. The molecule has 2 heterocycles. The molecule has 5 rings (SSSR count). The van der Waals surface area contributed by atoms with Crippen LogP contribution < -0.4 is 23.8 Å². The van der Waals surface area contributed by atoms with Gasteiger partial charge in [-0.15, -0.1) is 0 Å². The zero-order valence-corrected chi connectivity index (χ0v) is 32.0. The van der Waals surface area contributed by atoms with E-state index in [1.807, 2.05) is 0 Å². The first-order valence-electron chi connectivity index (χ1n) is 16.0. The maximum Gasteiger partial charge on any atom is 0.485 e. The van der Waals surface area contributed by atoms with Crippen LogP contribution in [0.4, 0.5) is 24.5 Å². The molecular formula is C37H44ClF3N2O7S. The van der Waals surface area contributed by atoms with Crippen molar-refractivity contribution >= 4 is 38.8 Å². The van der Waals surface area contributed by atoms with E-state index in [-0.39, 0.29) is 10.8 Å². The summed E-state index contributed by atoms with van der Waals surface area (Å²) in [6, 6.07) is 8.31. The van der Waals surface area contributed by atoms with Gasteiger partial charge in [-0.05, 0) is 68.0 Å². The molecule has 51 heavy (non-hydrogen) atoms. The highest BCUT2D eigenvalue weighted by molar-refractivity contribution is 7.86. The molecule has 14 heteroatoms. The highest BCUT2D eigenvalue weighted by Crippen LogP contribution is 2.51. The number of alkyl halides is 3. The van der Waals surface area contributed by atoms with Gasteiger partial charge in [-0.25, -0.2) is 8.42 Å². The molecule has 0 unspecified atom stereocenters. The fourth-order valence-electron chi connectivity index (χ4n) is 6.87. The molecule has 278 valence electrons. The van der Waals surface area contributed by atoms with Gasteiger partial charge in [-0.3, -0.25) is 0 Å². The lowest BCUT2D eigenvalue weighted by molar-refractivity contribution is -0.401. The number of fused-ring (bicyclic) bond motifs is 2. The van der Waals surface area contributed by atoms with E-state index in [1.165, 1.54) is 22.5 Å². The number of ether oxygens (including phenoxy) is 4. The molecule has 2 aliphatic heterocycles. The molecule has 0 atom stereocenters. The summed E-state index contributed by atoms with van der Waals surface area (Å²) in [5.41, 5.74) is 3.34. The van der Waals surface area contributed by atoms with Gasteiger partial charge in [0.2, 0.25) is 5.69 Å². The summed E-state index contributed by atoms with van der Waals surface area (Å²) in [6.07, 6.45) is 11.8. The molecule has 0 amide bonds. The standard InChI is InChI=1S/C36H44ClN2O4.CHF3O3S/c1-35(2)24-18-28(40-7)30(42-9)20-26(24)38(5)32(35)16-14-22-12-11-13-23(34(22)37)15-17-33-36(3,4)25-19-29(41-8)31(43-10)21-27(25)39(33)6;2-1(3,4)8(5,6)7/h14-21H,11-13H2,1-10H3;(H,5,6,7)/q+1;/p-1. The summed E-state index contributed by atoms with van der Waals surface area (Å²) in [5.74, 6) is 2.95. The third-order valence-electron chi connectivity index (χ3n) is 9.70. The summed E-state index contributed by atoms with van der Waals surface area (Å²) in [7, 11) is 4.83. The normalized spacial score (nSPS) is 19.7. The highest BCUT2D eigenvalue weighted by atomic mass is 35.5. The summed E-state index contributed by atoms with van der Waals surface area (Å²) >= 11 is 7.10. The number of nitrogens with zero attached hydrogens (tertiary/aromatic N) is 2. The minimum absolute atomic E-state index is 0.204. The quantitative estimate of drug-likeness (QED) is 0.158.